The van der Waals surface area contributed by atoms with Crippen LogP contribution in [0.15, 0.2) is 48.5 Å². The van der Waals surface area contributed by atoms with Crippen molar-refractivity contribution in [1.29, 1.82) is 0 Å². The molecule has 4 heteroatoms. The Bertz CT molecular complexity index is 686. The SMILES string of the molecule is CC(=O)[C@H]1CNc2ccc(Cl)cc2[C@@]1(O)c1ccccc1. The fraction of sp³-hybridized carbons (Fsp3) is 0.235. The van der Waals surface area contributed by atoms with Crippen molar-refractivity contribution in [2.24, 2.45) is 5.92 Å². The summed E-state index contributed by atoms with van der Waals surface area (Å²) in [6.45, 7) is 1.91. The second kappa shape index (κ2) is 5.17. The lowest BCUT2D eigenvalue weighted by atomic mass is 9.72. The smallest absolute Gasteiger partial charge is 0.138 e. The minimum absolute atomic E-state index is 0.0560. The highest BCUT2D eigenvalue weighted by atomic mass is 35.5. The third-order valence-corrected chi connectivity index (χ3v) is 4.33. The number of halogens is 1. The molecule has 0 saturated heterocycles. The Labute approximate surface area is 128 Å². The molecule has 108 valence electrons. The van der Waals surface area contributed by atoms with Crippen molar-refractivity contribution >= 4 is 23.1 Å². The number of fused-ring (bicyclic) bond motifs is 1. The number of nitrogens with one attached hydrogen (secondary N) is 1. The van der Waals surface area contributed by atoms with E-state index in [1.165, 1.54) is 6.92 Å². The van der Waals surface area contributed by atoms with Crippen LogP contribution in [0.2, 0.25) is 5.02 Å². The Balaban J connectivity index is 2.26. The number of aliphatic hydroxyl groups is 1. The number of anilines is 1. The normalized spacial score (nSPS) is 24.0. The highest BCUT2D eigenvalue weighted by Gasteiger charge is 2.46. The maximum atomic E-state index is 12.0. The van der Waals surface area contributed by atoms with Crippen molar-refractivity contribution in [2.75, 3.05) is 11.9 Å². The minimum Gasteiger partial charge on any atom is -0.384 e. The number of carbonyl (C=O) groups excluding carboxylic acids is 1. The first-order chi connectivity index (χ1) is 10.0. The van der Waals surface area contributed by atoms with Crippen LogP contribution in [-0.2, 0) is 10.4 Å². The second-order valence-electron chi connectivity index (χ2n) is 5.37. The molecule has 2 N–H and O–H groups in total. The zero-order valence-corrected chi connectivity index (χ0v) is 12.4. The van der Waals surface area contributed by atoms with Crippen LogP contribution in [-0.4, -0.2) is 17.4 Å². The molecule has 0 radical (unpaired) electrons. The molecule has 0 unspecified atom stereocenters. The molecule has 0 bridgehead atoms. The fourth-order valence-electron chi connectivity index (χ4n) is 3.02. The topological polar surface area (TPSA) is 49.3 Å². The van der Waals surface area contributed by atoms with Gasteiger partial charge in [-0.1, -0.05) is 41.9 Å². The van der Waals surface area contributed by atoms with Gasteiger partial charge in [0.2, 0.25) is 0 Å². The van der Waals surface area contributed by atoms with Crippen molar-refractivity contribution in [2.45, 2.75) is 12.5 Å². The first-order valence-corrected chi connectivity index (χ1v) is 7.23. The molecule has 3 nitrogen and oxygen atoms in total. The van der Waals surface area contributed by atoms with Gasteiger partial charge in [0.1, 0.15) is 11.4 Å². The van der Waals surface area contributed by atoms with E-state index in [0.717, 1.165) is 5.69 Å². The van der Waals surface area contributed by atoms with Crippen LogP contribution >= 0.6 is 11.6 Å². The Morgan fingerprint density at radius 3 is 2.67 bits per heavy atom. The van der Waals surface area contributed by atoms with E-state index >= 15 is 0 Å². The minimum atomic E-state index is -1.36. The van der Waals surface area contributed by atoms with E-state index in [2.05, 4.69) is 5.32 Å². The summed E-state index contributed by atoms with van der Waals surface area (Å²) < 4.78 is 0. The molecule has 2 aromatic rings. The number of hydrogen-bond acceptors (Lipinski definition) is 3. The molecular formula is C17H16ClNO2. The van der Waals surface area contributed by atoms with E-state index in [4.69, 9.17) is 11.6 Å². The summed E-state index contributed by atoms with van der Waals surface area (Å²) in [7, 11) is 0. The molecule has 1 aliphatic heterocycles. The predicted molar refractivity (Wildman–Crippen MR) is 83.6 cm³/mol. The Hall–Kier alpha value is -1.84. The van der Waals surface area contributed by atoms with Crippen molar-refractivity contribution in [3.63, 3.8) is 0 Å². The predicted octanol–water partition coefficient (Wildman–Crippen LogP) is 3.21. The molecule has 3 rings (SSSR count). The van der Waals surface area contributed by atoms with Crippen molar-refractivity contribution in [3.05, 3.63) is 64.7 Å². The van der Waals surface area contributed by atoms with Crippen LogP contribution in [0.4, 0.5) is 5.69 Å². The number of Topliss-reactive ketones (excluding diaryl/α,β-unsaturated/α-hetero) is 1. The van der Waals surface area contributed by atoms with Crippen LogP contribution in [0.5, 0.6) is 0 Å². The van der Waals surface area contributed by atoms with Gasteiger partial charge in [0.15, 0.2) is 0 Å². The molecule has 0 fully saturated rings. The van der Waals surface area contributed by atoms with Gasteiger partial charge in [-0.3, -0.25) is 4.79 Å². The highest BCUT2D eigenvalue weighted by molar-refractivity contribution is 6.30. The van der Waals surface area contributed by atoms with Crippen molar-refractivity contribution < 1.29 is 9.90 Å². The van der Waals surface area contributed by atoms with Crippen LogP contribution < -0.4 is 5.32 Å². The lowest BCUT2D eigenvalue weighted by Gasteiger charge is -2.41. The monoisotopic (exact) mass is 301 g/mol. The summed E-state index contributed by atoms with van der Waals surface area (Å²) in [6.07, 6.45) is 0. The van der Waals surface area contributed by atoms with Crippen LogP contribution in [0, 0.1) is 5.92 Å². The zero-order chi connectivity index (χ0) is 15.0. The molecule has 1 heterocycles. The molecule has 0 amide bonds. The van der Waals surface area contributed by atoms with E-state index < -0.39 is 11.5 Å². The third kappa shape index (κ3) is 2.23. The molecule has 21 heavy (non-hydrogen) atoms. The largest absolute Gasteiger partial charge is 0.384 e. The summed E-state index contributed by atoms with van der Waals surface area (Å²) in [5.74, 6) is -0.606. The van der Waals surface area contributed by atoms with Gasteiger partial charge in [0, 0.05) is 22.8 Å². The fourth-order valence-corrected chi connectivity index (χ4v) is 3.19. The van der Waals surface area contributed by atoms with Gasteiger partial charge in [0.05, 0.1) is 5.92 Å². The maximum Gasteiger partial charge on any atom is 0.138 e. The number of hydrogen-bond donors (Lipinski definition) is 2. The Morgan fingerprint density at radius 1 is 1.29 bits per heavy atom. The van der Waals surface area contributed by atoms with E-state index in [1.807, 2.05) is 36.4 Å². The van der Waals surface area contributed by atoms with E-state index in [1.54, 1.807) is 12.1 Å². The molecular weight excluding hydrogens is 286 g/mol. The molecule has 0 aliphatic carbocycles. The van der Waals surface area contributed by atoms with Gasteiger partial charge in [-0.25, -0.2) is 0 Å². The molecule has 0 spiro atoms. The lowest BCUT2D eigenvalue weighted by Crippen LogP contribution is -2.47. The van der Waals surface area contributed by atoms with Gasteiger partial charge in [-0.15, -0.1) is 0 Å². The average molecular weight is 302 g/mol. The number of benzene rings is 2. The van der Waals surface area contributed by atoms with Crippen molar-refractivity contribution in [1.82, 2.24) is 0 Å². The highest BCUT2D eigenvalue weighted by Crippen LogP contribution is 2.44. The quantitative estimate of drug-likeness (QED) is 0.895. The van der Waals surface area contributed by atoms with Crippen molar-refractivity contribution in [3.8, 4) is 0 Å². The lowest BCUT2D eigenvalue weighted by molar-refractivity contribution is -0.127. The Kier molecular flexibility index (Phi) is 3.47. The number of ketones is 1. The van der Waals surface area contributed by atoms with Gasteiger partial charge in [-0.2, -0.15) is 0 Å². The first-order valence-electron chi connectivity index (χ1n) is 6.85. The molecule has 1 aliphatic rings. The number of rotatable bonds is 2. The van der Waals surface area contributed by atoms with Gasteiger partial charge >= 0.3 is 0 Å². The van der Waals surface area contributed by atoms with Gasteiger partial charge in [-0.05, 0) is 30.7 Å². The van der Waals surface area contributed by atoms with Gasteiger partial charge < -0.3 is 10.4 Å². The maximum absolute atomic E-state index is 12.0. The zero-order valence-electron chi connectivity index (χ0n) is 11.6. The van der Waals surface area contributed by atoms with E-state index in [-0.39, 0.29) is 5.78 Å². The summed E-state index contributed by atoms with van der Waals surface area (Å²) in [4.78, 5) is 12.0. The van der Waals surface area contributed by atoms with Gasteiger partial charge in [0.25, 0.3) is 0 Å². The van der Waals surface area contributed by atoms with Crippen LogP contribution in [0.3, 0.4) is 0 Å². The summed E-state index contributed by atoms with van der Waals surface area (Å²) in [5, 5.41) is 15.2. The summed E-state index contributed by atoms with van der Waals surface area (Å²) in [6, 6.07) is 14.6. The van der Waals surface area contributed by atoms with E-state index in [9.17, 15) is 9.90 Å². The molecule has 2 aromatic carbocycles. The summed E-state index contributed by atoms with van der Waals surface area (Å²) in [5.41, 5.74) is 0.796. The molecule has 0 saturated carbocycles. The molecule has 0 aromatic heterocycles. The first kappa shape index (κ1) is 14.1. The molecule has 2 atom stereocenters. The van der Waals surface area contributed by atoms with Crippen LogP contribution in [0.25, 0.3) is 0 Å². The van der Waals surface area contributed by atoms with E-state index in [0.29, 0.717) is 22.7 Å². The van der Waals surface area contributed by atoms with Crippen LogP contribution in [0.1, 0.15) is 18.1 Å². The summed E-state index contributed by atoms with van der Waals surface area (Å²) >= 11 is 6.09. The second-order valence-corrected chi connectivity index (χ2v) is 5.80. The standard InChI is InChI=1S/C17H16ClNO2/c1-11(20)15-10-19-16-8-7-13(18)9-14(16)17(15,21)12-5-3-2-4-6-12/h2-9,15,19,21H,10H2,1H3/t15-,17+/m1/s1. The average Bonchev–Trinajstić information content (AvgIpc) is 2.48. The number of carbonyl (C=O) groups is 1. The third-order valence-electron chi connectivity index (χ3n) is 4.10. The Morgan fingerprint density at radius 2 is 2.00 bits per heavy atom.